The van der Waals surface area contributed by atoms with E-state index in [1.54, 1.807) is 0 Å². The van der Waals surface area contributed by atoms with Gasteiger partial charge in [0.25, 0.3) is 0 Å². The maximum absolute atomic E-state index is 12.9. The van der Waals surface area contributed by atoms with E-state index >= 15 is 0 Å². The number of likely N-dealkylation sites (tertiary alicyclic amines) is 1. The lowest BCUT2D eigenvalue weighted by molar-refractivity contribution is 0.103. The maximum Gasteiger partial charge on any atom is 0.206 e. The number of aryl methyl sites for hydroxylation is 1. The van der Waals surface area contributed by atoms with Gasteiger partial charge in [-0.1, -0.05) is 48.0 Å². The predicted molar refractivity (Wildman–Crippen MR) is 114 cm³/mol. The Morgan fingerprint density at radius 3 is 2.61 bits per heavy atom. The Hall–Kier alpha value is -2.65. The van der Waals surface area contributed by atoms with Crippen molar-refractivity contribution in [1.29, 1.82) is 0 Å². The summed E-state index contributed by atoms with van der Waals surface area (Å²) in [6, 6.07) is 19.2. The third-order valence-corrected chi connectivity index (χ3v) is 6.23. The second kappa shape index (κ2) is 7.06. The van der Waals surface area contributed by atoms with Gasteiger partial charge in [0.1, 0.15) is 0 Å². The summed E-state index contributed by atoms with van der Waals surface area (Å²) in [5.41, 5.74) is 5.64. The molecule has 0 N–H and O–H groups in total. The molecule has 0 bridgehead atoms. The first kappa shape index (κ1) is 17.4. The third kappa shape index (κ3) is 3.20. The molecule has 2 aromatic carbocycles. The normalized spacial score (nSPS) is 19.6. The van der Waals surface area contributed by atoms with Gasteiger partial charge in [-0.15, -0.1) is 0 Å². The van der Waals surface area contributed by atoms with Gasteiger partial charge in [-0.3, -0.25) is 9.69 Å². The Kier molecular flexibility index (Phi) is 4.40. The number of Topliss-reactive ketones (excluding diaryl/α,β-unsaturated/α-hetero) is 1. The predicted octanol–water partition coefficient (Wildman–Crippen LogP) is 4.98. The van der Waals surface area contributed by atoms with Gasteiger partial charge in [0.15, 0.2) is 0 Å². The molecule has 0 spiro atoms. The molecule has 0 radical (unpaired) electrons. The zero-order valence-electron chi connectivity index (χ0n) is 16.4. The number of carbonyl (C=O) groups is 1. The quantitative estimate of drug-likeness (QED) is 0.607. The molecule has 0 unspecified atom stereocenters. The van der Waals surface area contributed by atoms with Crippen molar-refractivity contribution in [3.05, 3.63) is 83.1 Å². The van der Waals surface area contributed by atoms with Crippen molar-refractivity contribution in [2.24, 2.45) is 5.92 Å². The van der Waals surface area contributed by atoms with E-state index in [4.69, 9.17) is 0 Å². The molecule has 3 heteroatoms. The van der Waals surface area contributed by atoms with Gasteiger partial charge in [0.2, 0.25) is 5.78 Å². The van der Waals surface area contributed by atoms with Crippen molar-refractivity contribution < 1.29 is 4.79 Å². The number of aromatic nitrogens is 1. The highest BCUT2D eigenvalue weighted by atomic mass is 16.1. The van der Waals surface area contributed by atoms with Crippen molar-refractivity contribution in [2.75, 3.05) is 13.1 Å². The minimum Gasteiger partial charge on any atom is -0.333 e. The van der Waals surface area contributed by atoms with Gasteiger partial charge >= 0.3 is 0 Å². The van der Waals surface area contributed by atoms with E-state index < -0.39 is 0 Å². The summed E-state index contributed by atoms with van der Waals surface area (Å²) in [5, 5.41) is 1.18. The van der Waals surface area contributed by atoms with Crippen molar-refractivity contribution in [3.63, 3.8) is 0 Å². The summed E-state index contributed by atoms with van der Waals surface area (Å²) in [5.74, 6) is 0.740. The van der Waals surface area contributed by atoms with Crippen LogP contribution in [0.1, 0.15) is 34.5 Å². The van der Waals surface area contributed by atoms with E-state index in [0.29, 0.717) is 5.92 Å². The lowest BCUT2D eigenvalue weighted by atomic mass is 9.93. The molecular weight excluding hydrogens is 344 g/mol. The number of carbonyl (C=O) groups excluding carboxylic acids is 1. The number of allylic oxidation sites excluding steroid dienone is 2. The maximum atomic E-state index is 12.9. The van der Waals surface area contributed by atoms with Crippen molar-refractivity contribution in [2.45, 2.75) is 32.9 Å². The molecule has 0 saturated carbocycles. The van der Waals surface area contributed by atoms with Gasteiger partial charge in [-0.25, -0.2) is 0 Å². The average Bonchev–Trinajstić information content (AvgIpc) is 3.20. The Balaban J connectivity index is 1.26. The number of ketones is 1. The molecule has 28 heavy (non-hydrogen) atoms. The summed E-state index contributed by atoms with van der Waals surface area (Å²) in [6.07, 6.45) is 4.55. The highest BCUT2D eigenvalue weighted by molar-refractivity contribution is 6.12. The first-order chi connectivity index (χ1) is 13.7. The Morgan fingerprint density at radius 2 is 1.82 bits per heavy atom. The first-order valence-electron chi connectivity index (χ1n) is 10.3. The average molecular weight is 370 g/mol. The lowest BCUT2D eigenvalue weighted by Crippen LogP contribution is -2.32. The van der Waals surface area contributed by atoms with E-state index in [-0.39, 0.29) is 5.78 Å². The molecule has 1 aromatic heterocycles. The third-order valence-electron chi connectivity index (χ3n) is 6.23. The van der Waals surface area contributed by atoms with Crippen molar-refractivity contribution in [3.8, 4) is 0 Å². The zero-order valence-corrected chi connectivity index (χ0v) is 16.4. The van der Waals surface area contributed by atoms with Gasteiger partial charge in [-0.2, -0.15) is 0 Å². The van der Waals surface area contributed by atoms with Gasteiger partial charge in [-0.05, 0) is 62.5 Å². The first-order valence-corrected chi connectivity index (χ1v) is 10.3. The lowest BCUT2D eigenvalue weighted by Gasteiger charge is -2.30. The summed E-state index contributed by atoms with van der Waals surface area (Å²) in [4.78, 5) is 15.5. The fraction of sp³-hybridized carbons (Fsp3) is 0.320. The molecule has 5 rings (SSSR count). The number of hydrogen-bond acceptors (Lipinski definition) is 2. The number of nitrogens with zero attached hydrogens (tertiary/aromatic N) is 2. The van der Waals surface area contributed by atoms with Crippen molar-refractivity contribution >= 4 is 16.7 Å². The highest BCUT2D eigenvalue weighted by Gasteiger charge is 2.28. The second-order valence-electron chi connectivity index (χ2n) is 8.30. The molecule has 0 atom stereocenters. The summed E-state index contributed by atoms with van der Waals surface area (Å²) in [7, 11) is 0. The smallest absolute Gasteiger partial charge is 0.206 e. The number of rotatable bonds is 3. The molecule has 0 aliphatic carbocycles. The van der Waals surface area contributed by atoms with Gasteiger partial charge in [0.05, 0.1) is 12.2 Å². The molecule has 3 heterocycles. The van der Waals surface area contributed by atoms with Crippen LogP contribution >= 0.6 is 0 Å². The van der Waals surface area contributed by atoms with Crippen LogP contribution in [0.25, 0.3) is 10.9 Å². The van der Waals surface area contributed by atoms with E-state index in [1.165, 1.54) is 22.0 Å². The van der Waals surface area contributed by atoms with Crippen LogP contribution in [0.15, 0.2) is 66.2 Å². The summed E-state index contributed by atoms with van der Waals surface area (Å²) < 4.78 is 2.19. The minimum atomic E-state index is 0.223. The second-order valence-corrected chi connectivity index (χ2v) is 8.30. The van der Waals surface area contributed by atoms with Gasteiger partial charge in [0, 0.05) is 23.0 Å². The molecular formula is C25H26N2O. The fourth-order valence-corrected chi connectivity index (χ4v) is 4.69. The fourth-order valence-electron chi connectivity index (χ4n) is 4.69. The Morgan fingerprint density at radius 1 is 1.04 bits per heavy atom. The highest BCUT2D eigenvalue weighted by Crippen LogP contribution is 2.31. The molecule has 1 saturated heterocycles. The van der Waals surface area contributed by atoms with Crippen LogP contribution in [-0.2, 0) is 13.1 Å². The Bertz CT molecular complexity index is 1050. The van der Waals surface area contributed by atoms with Crippen LogP contribution in [0.2, 0.25) is 0 Å². The van der Waals surface area contributed by atoms with E-state index in [2.05, 4.69) is 77.1 Å². The summed E-state index contributed by atoms with van der Waals surface area (Å²) in [6.45, 7) is 6.06. The standard InChI is InChI=1S/C25H26N2O/c1-18-7-8-23-21(13-18)15-24-25(28)22(17-27(23)24)14-19-9-11-26(12-10-19)16-20-5-3-2-4-6-20/h2-8,13-15,19H,9-12,16-17H2,1H3. The molecule has 0 amide bonds. The van der Waals surface area contributed by atoms with Crippen LogP contribution in [0.4, 0.5) is 0 Å². The minimum absolute atomic E-state index is 0.223. The van der Waals surface area contributed by atoms with Crippen LogP contribution in [0.3, 0.4) is 0 Å². The number of piperidine rings is 1. The largest absolute Gasteiger partial charge is 0.333 e. The molecule has 3 aromatic rings. The zero-order chi connectivity index (χ0) is 19.1. The monoisotopic (exact) mass is 370 g/mol. The number of fused-ring (bicyclic) bond motifs is 3. The van der Waals surface area contributed by atoms with E-state index in [1.807, 2.05) is 0 Å². The van der Waals surface area contributed by atoms with Crippen LogP contribution in [-0.4, -0.2) is 28.3 Å². The van der Waals surface area contributed by atoms with Gasteiger partial charge < -0.3 is 4.57 Å². The number of hydrogen-bond donors (Lipinski definition) is 0. The molecule has 1 fully saturated rings. The summed E-state index contributed by atoms with van der Waals surface area (Å²) >= 11 is 0. The van der Waals surface area contributed by atoms with E-state index in [9.17, 15) is 4.79 Å². The SMILES string of the molecule is Cc1ccc2c(c1)cc1n2CC(=CC2CCN(Cc3ccccc3)CC2)C1=O. The molecule has 142 valence electrons. The van der Waals surface area contributed by atoms with Crippen molar-refractivity contribution in [1.82, 2.24) is 9.47 Å². The van der Waals surface area contributed by atoms with Crippen LogP contribution < -0.4 is 0 Å². The Labute approximate surface area is 166 Å². The van der Waals surface area contributed by atoms with E-state index in [0.717, 1.165) is 50.3 Å². The molecule has 3 nitrogen and oxygen atoms in total. The van der Waals surface area contributed by atoms with Crippen LogP contribution in [0, 0.1) is 12.8 Å². The topological polar surface area (TPSA) is 25.2 Å². The number of benzene rings is 2. The molecule has 2 aliphatic rings. The van der Waals surface area contributed by atoms with Crippen LogP contribution in [0.5, 0.6) is 0 Å². The molecule has 2 aliphatic heterocycles.